The fraction of sp³-hybridized carbons (Fsp3) is 0.733. The predicted molar refractivity (Wildman–Crippen MR) is 66.7 cm³/mol. The molecule has 0 bridgehead atoms. The number of hydrogen-bond acceptors (Lipinski definition) is 0. The topological polar surface area (TPSA) is 0 Å². The van der Waals surface area contributed by atoms with Crippen LogP contribution in [0.5, 0.6) is 0 Å². The highest BCUT2D eigenvalue weighted by Gasteiger charge is 2.48. The first-order chi connectivity index (χ1) is 6.88. The van der Waals surface area contributed by atoms with Crippen LogP contribution in [0.25, 0.3) is 0 Å². The molecule has 2 unspecified atom stereocenters. The van der Waals surface area contributed by atoms with Crippen LogP contribution in [0.3, 0.4) is 0 Å². The molecule has 1 saturated carbocycles. The van der Waals surface area contributed by atoms with Gasteiger partial charge < -0.3 is 0 Å². The Morgan fingerprint density at radius 1 is 1.27 bits per heavy atom. The summed E-state index contributed by atoms with van der Waals surface area (Å²) in [6.07, 6.45) is 7.75. The summed E-state index contributed by atoms with van der Waals surface area (Å²) in [7, 11) is 0. The van der Waals surface area contributed by atoms with Gasteiger partial charge in [0.15, 0.2) is 0 Å². The van der Waals surface area contributed by atoms with Gasteiger partial charge in [-0.25, -0.2) is 0 Å². The van der Waals surface area contributed by atoms with Crippen molar-refractivity contribution in [2.45, 2.75) is 53.4 Å². The molecule has 0 saturated heterocycles. The van der Waals surface area contributed by atoms with Crippen molar-refractivity contribution in [1.29, 1.82) is 0 Å². The zero-order valence-electron chi connectivity index (χ0n) is 10.7. The zero-order valence-corrected chi connectivity index (χ0v) is 10.7. The minimum atomic E-state index is 0.376. The maximum absolute atomic E-state index is 4.35. The fourth-order valence-corrected chi connectivity index (χ4v) is 3.93. The van der Waals surface area contributed by atoms with E-state index in [1.54, 1.807) is 0 Å². The number of fused-ring (bicyclic) bond motifs is 1. The third-order valence-electron chi connectivity index (χ3n) is 5.05. The molecular formula is C15H24. The Hall–Kier alpha value is -0.520. The SMILES string of the molecule is C=C1C(C)=CCC2C(C)(C)CCCC12C. The average molecular weight is 204 g/mol. The van der Waals surface area contributed by atoms with E-state index < -0.39 is 0 Å². The third-order valence-corrected chi connectivity index (χ3v) is 5.05. The summed E-state index contributed by atoms with van der Waals surface area (Å²) in [5, 5.41) is 0. The quantitative estimate of drug-likeness (QED) is 0.535. The largest absolute Gasteiger partial charge is 0.0950 e. The molecule has 2 atom stereocenters. The lowest BCUT2D eigenvalue weighted by Gasteiger charge is -2.54. The first-order valence-corrected chi connectivity index (χ1v) is 6.24. The molecule has 0 aromatic rings. The summed E-state index contributed by atoms with van der Waals surface area (Å²) in [6, 6.07) is 0. The second-order valence-electron chi connectivity index (χ2n) is 6.41. The van der Waals surface area contributed by atoms with Crippen LogP contribution in [-0.2, 0) is 0 Å². The van der Waals surface area contributed by atoms with Gasteiger partial charge in [-0.1, -0.05) is 45.4 Å². The van der Waals surface area contributed by atoms with Crippen molar-refractivity contribution in [3.05, 3.63) is 23.8 Å². The summed E-state index contributed by atoms with van der Waals surface area (Å²) in [6.45, 7) is 13.9. The average Bonchev–Trinajstić information content (AvgIpc) is 2.12. The molecule has 0 radical (unpaired) electrons. The minimum absolute atomic E-state index is 0.376. The Bertz CT molecular complexity index is 319. The van der Waals surface area contributed by atoms with Crippen molar-refractivity contribution >= 4 is 0 Å². The monoisotopic (exact) mass is 204 g/mol. The van der Waals surface area contributed by atoms with Crippen molar-refractivity contribution in [2.24, 2.45) is 16.7 Å². The Morgan fingerprint density at radius 3 is 2.60 bits per heavy atom. The smallest absolute Gasteiger partial charge is 0.00423 e. The normalized spacial score (nSPS) is 39.6. The van der Waals surface area contributed by atoms with Crippen LogP contribution >= 0.6 is 0 Å². The Balaban J connectivity index is 2.42. The highest BCUT2D eigenvalue weighted by Crippen LogP contribution is 2.58. The second-order valence-corrected chi connectivity index (χ2v) is 6.41. The molecule has 2 rings (SSSR count). The van der Waals surface area contributed by atoms with E-state index >= 15 is 0 Å². The standard InChI is InChI=1S/C15H24/c1-11-7-8-13-14(3,4)9-6-10-15(13,5)12(11)2/h7,13H,2,6,8-10H2,1,3-5H3. The molecule has 84 valence electrons. The third kappa shape index (κ3) is 1.49. The van der Waals surface area contributed by atoms with Crippen LogP contribution in [0.4, 0.5) is 0 Å². The predicted octanol–water partition coefficient (Wildman–Crippen LogP) is 4.73. The lowest BCUT2D eigenvalue weighted by molar-refractivity contribution is 0.0265. The molecule has 0 spiro atoms. The maximum atomic E-state index is 4.35. The number of hydrogen-bond donors (Lipinski definition) is 0. The molecule has 0 nitrogen and oxygen atoms in total. The zero-order chi connectivity index (χ0) is 11.3. The molecule has 0 amide bonds. The van der Waals surface area contributed by atoms with Gasteiger partial charge in [0.1, 0.15) is 0 Å². The number of rotatable bonds is 0. The van der Waals surface area contributed by atoms with Crippen LogP contribution in [-0.4, -0.2) is 0 Å². The Morgan fingerprint density at radius 2 is 1.93 bits per heavy atom. The van der Waals surface area contributed by atoms with Crippen LogP contribution in [0.15, 0.2) is 23.8 Å². The second kappa shape index (κ2) is 3.23. The summed E-state index contributed by atoms with van der Waals surface area (Å²) in [5.74, 6) is 0.801. The minimum Gasteiger partial charge on any atom is -0.0950 e. The van der Waals surface area contributed by atoms with E-state index in [9.17, 15) is 0 Å². The highest BCUT2D eigenvalue weighted by atomic mass is 14.5. The molecule has 0 N–H and O–H groups in total. The van der Waals surface area contributed by atoms with Gasteiger partial charge in [0, 0.05) is 0 Å². The van der Waals surface area contributed by atoms with E-state index in [0.717, 1.165) is 5.92 Å². The van der Waals surface area contributed by atoms with Crippen LogP contribution in [0, 0.1) is 16.7 Å². The Labute approximate surface area is 94.5 Å². The van der Waals surface area contributed by atoms with Gasteiger partial charge in [-0.2, -0.15) is 0 Å². The van der Waals surface area contributed by atoms with E-state index in [2.05, 4.69) is 40.3 Å². The van der Waals surface area contributed by atoms with Gasteiger partial charge in [0.25, 0.3) is 0 Å². The van der Waals surface area contributed by atoms with Crippen LogP contribution in [0.2, 0.25) is 0 Å². The Kier molecular flexibility index (Phi) is 2.37. The molecule has 0 heterocycles. The number of allylic oxidation sites excluding steroid dienone is 3. The maximum Gasteiger partial charge on any atom is -0.00423 e. The van der Waals surface area contributed by atoms with E-state index in [0.29, 0.717) is 10.8 Å². The molecule has 0 aliphatic heterocycles. The van der Waals surface area contributed by atoms with Crippen molar-refractivity contribution < 1.29 is 0 Å². The molecule has 0 aromatic heterocycles. The highest BCUT2D eigenvalue weighted by molar-refractivity contribution is 5.37. The van der Waals surface area contributed by atoms with Crippen LogP contribution in [0.1, 0.15) is 53.4 Å². The van der Waals surface area contributed by atoms with Gasteiger partial charge in [0.05, 0.1) is 0 Å². The van der Waals surface area contributed by atoms with Gasteiger partial charge in [-0.05, 0) is 48.5 Å². The summed E-state index contributed by atoms with van der Waals surface area (Å²) in [4.78, 5) is 0. The van der Waals surface area contributed by atoms with Crippen molar-refractivity contribution in [3.63, 3.8) is 0 Å². The fourth-order valence-electron chi connectivity index (χ4n) is 3.93. The molecule has 2 aliphatic rings. The lowest BCUT2D eigenvalue weighted by atomic mass is 9.51. The van der Waals surface area contributed by atoms with Crippen molar-refractivity contribution in [1.82, 2.24) is 0 Å². The van der Waals surface area contributed by atoms with Crippen molar-refractivity contribution in [2.75, 3.05) is 0 Å². The van der Waals surface area contributed by atoms with Gasteiger partial charge in [0.2, 0.25) is 0 Å². The van der Waals surface area contributed by atoms with Gasteiger partial charge >= 0.3 is 0 Å². The molecule has 15 heavy (non-hydrogen) atoms. The summed E-state index contributed by atoms with van der Waals surface area (Å²) < 4.78 is 0. The summed E-state index contributed by atoms with van der Waals surface area (Å²) in [5.41, 5.74) is 3.71. The molecule has 1 fully saturated rings. The molecule has 0 aromatic carbocycles. The van der Waals surface area contributed by atoms with E-state index in [1.165, 1.54) is 36.8 Å². The first-order valence-electron chi connectivity index (χ1n) is 6.24. The van der Waals surface area contributed by atoms with E-state index in [1.807, 2.05) is 0 Å². The lowest BCUT2D eigenvalue weighted by Crippen LogP contribution is -2.44. The van der Waals surface area contributed by atoms with E-state index in [-0.39, 0.29) is 0 Å². The molecule has 0 heteroatoms. The van der Waals surface area contributed by atoms with Gasteiger partial charge in [-0.15, -0.1) is 0 Å². The first kappa shape index (κ1) is 11.0. The molecule has 2 aliphatic carbocycles. The van der Waals surface area contributed by atoms with Crippen molar-refractivity contribution in [3.8, 4) is 0 Å². The van der Waals surface area contributed by atoms with Gasteiger partial charge in [-0.3, -0.25) is 0 Å². The van der Waals surface area contributed by atoms with Crippen LogP contribution < -0.4 is 0 Å². The summed E-state index contributed by atoms with van der Waals surface area (Å²) >= 11 is 0. The van der Waals surface area contributed by atoms with E-state index in [4.69, 9.17) is 0 Å². The molecular weight excluding hydrogens is 180 g/mol.